The smallest absolute Gasteiger partial charge is 0.306 e. The molecule has 1 unspecified atom stereocenters. The summed E-state index contributed by atoms with van der Waals surface area (Å²) in [5.41, 5.74) is 0. The first-order chi connectivity index (χ1) is 32.0. The molecule has 0 fully saturated rings. The quantitative estimate of drug-likeness (QED) is 0.0195. The standard InChI is InChI=1S/C56H96NO8P/c1-6-8-10-12-14-16-18-20-22-24-26-28-30-32-34-36-38-40-42-44-46-48-55(58)62-52-54(53-64-66(60,61)63-51-50-57(3,4)5)65-56(59)49-47-45-43-41-39-37-35-33-31-29-27-25-23-21-19-17-15-13-11-9-7-2/h22-25,28-31,34-37,40-43,54H,6-21,26-27,32-33,38-39,44-53H2,1-5H3/b24-22+,25-23+,30-28+,31-29+,36-34+,37-35+,42-40+,43-41+/t54-/m1/s1. The number of ether oxygens (including phenoxy) is 2. The average molecular weight is 942 g/mol. The summed E-state index contributed by atoms with van der Waals surface area (Å²) in [6.07, 6.45) is 63.2. The van der Waals surface area contributed by atoms with Crippen molar-refractivity contribution in [1.82, 2.24) is 0 Å². The van der Waals surface area contributed by atoms with Crippen molar-refractivity contribution in [1.29, 1.82) is 0 Å². The number of allylic oxidation sites excluding steroid dienone is 16. The van der Waals surface area contributed by atoms with E-state index in [9.17, 15) is 19.0 Å². The van der Waals surface area contributed by atoms with Crippen LogP contribution in [0.1, 0.15) is 194 Å². The summed E-state index contributed by atoms with van der Waals surface area (Å²) in [5.74, 6) is -0.972. The lowest BCUT2D eigenvalue weighted by Crippen LogP contribution is -2.37. The molecule has 9 nitrogen and oxygen atoms in total. The minimum Gasteiger partial charge on any atom is -0.756 e. The molecule has 0 amide bonds. The molecule has 0 N–H and O–H groups in total. The zero-order chi connectivity index (χ0) is 48.5. The molecule has 66 heavy (non-hydrogen) atoms. The Morgan fingerprint density at radius 1 is 0.470 bits per heavy atom. The van der Waals surface area contributed by atoms with E-state index in [0.717, 1.165) is 44.9 Å². The Morgan fingerprint density at radius 2 is 0.818 bits per heavy atom. The largest absolute Gasteiger partial charge is 0.756 e. The number of unbranched alkanes of at least 4 members (excludes halogenated alkanes) is 16. The van der Waals surface area contributed by atoms with Gasteiger partial charge in [-0.3, -0.25) is 14.2 Å². The molecule has 0 aromatic rings. The Morgan fingerprint density at radius 3 is 1.21 bits per heavy atom. The molecule has 0 spiro atoms. The molecule has 0 radical (unpaired) electrons. The van der Waals surface area contributed by atoms with Gasteiger partial charge in [0.15, 0.2) is 6.10 Å². The first kappa shape index (κ1) is 62.9. The fourth-order valence-electron chi connectivity index (χ4n) is 6.52. The zero-order valence-corrected chi connectivity index (χ0v) is 43.5. The van der Waals surface area contributed by atoms with E-state index in [1.807, 2.05) is 27.2 Å². The van der Waals surface area contributed by atoms with Crippen LogP contribution in [-0.2, 0) is 32.7 Å². The topological polar surface area (TPSA) is 111 Å². The average Bonchev–Trinajstić information content (AvgIpc) is 3.27. The summed E-state index contributed by atoms with van der Waals surface area (Å²) >= 11 is 0. The molecule has 10 heteroatoms. The van der Waals surface area contributed by atoms with Crippen LogP contribution in [-0.4, -0.2) is 70.0 Å². The Balaban J connectivity index is 4.47. The summed E-state index contributed by atoms with van der Waals surface area (Å²) in [6.45, 7) is 4.09. The number of carbonyl (C=O) groups excluding carboxylic acids is 2. The van der Waals surface area contributed by atoms with Gasteiger partial charge >= 0.3 is 11.9 Å². The van der Waals surface area contributed by atoms with E-state index in [1.54, 1.807) is 0 Å². The van der Waals surface area contributed by atoms with E-state index >= 15 is 0 Å². The maximum atomic E-state index is 12.7. The summed E-state index contributed by atoms with van der Waals surface area (Å²) in [4.78, 5) is 37.7. The van der Waals surface area contributed by atoms with Crippen molar-refractivity contribution in [2.45, 2.75) is 200 Å². The minimum absolute atomic E-state index is 0.0546. The number of carbonyl (C=O) groups is 2. The van der Waals surface area contributed by atoms with E-state index in [0.29, 0.717) is 30.3 Å². The van der Waals surface area contributed by atoms with Crippen LogP contribution in [0.25, 0.3) is 0 Å². The van der Waals surface area contributed by atoms with Crippen LogP contribution in [0.2, 0.25) is 0 Å². The van der Waals surface area contributed by atoms with Crippen molar-refractivity contribution in [3.05, 3.63) is 97.2 Å². The Kier molecular flexibility index (Phi) is 44.8. The van der Waals surface area contributed by atoms with Crippen LogP contribution in [0.4, 0.5) is 0 Å². The molecule has 0 saturated heterocycles. The SMILES string of the molecule is CCCCCCCCC/C=C/C/C=C/C/C=C/C/C=C/CCCC(=O)OC[C@H](COP(=O)([O-])OCC[N+](C)(C)C)OC(=O)CCC/C=C/C/C=C/C/C=C/C/C=C/CCCCCCCCC. The van der Waals surface area contributed by atoms with Gasteiger partial charge in [-0.15, -0.1) is 0 Å². The third kappa shape index (κ3) is 50.3. The second kappa shape index (κ2) is 47.0. The predicted octanol–water partition coefficient (Wildman–Crippen LogP) is 15.1. The number of likely N-dealkylation sites (N-methyl/N-ethyl adjacent to an activating group) is 1. The molecule has 0 heterocycles. The molecular formula is C56H96NO8P. The minimum atomic E-state index is -4.66. The Labute approximate surface area is 404 Å². The van der Waals surface area contributed by atoms with Gasteiger partial charge in [-0.25, -0.2) is 0 Å². The highest BCUT2D eigenvalue weighted by Crippen LogP contribution is 2.38. The van der Waals surface area contributed by atoms with Crippen molar-refractivity contribution in [3.8, 4) is 0 Å². The number of hydrogen-bond donors (Lipinski definition) is 0. The number of hydrogen-bond acceptors (Lipinski definition) is 8. The van der Waals surface area contributed by atoms with Crippen LogP contribution in [0.15, 0.2) is 97.2 Å². The second-order valence-corrected chi connectivity index (χ2v) is 19.6. The van der Waals surface area contributed by atoms with Crippen LogP contribution >= 0.6 is 7.82 Å². The van der Waals surface area contributed by atoms with Gasteiger partial charge in [0, 0.05) is 12.8 Å². The molecule has 378 valence electrons. The predicted molar refractivity (Wildman–Crippen MR) is 277 cm³/mol. The highest BCUT2D eigenvalue weighted by Gasteiger charge is 2.21. The molecule has 2 atom stereocenters. The van der Waals surface area contributed by atoms with Gasteiger partial charge in [0.2, 0.25) is 0 Å². The summed E-state index contributed by atoms with van der Waals surface area (Å²) < 4.78 is 33.9. The van der Waals surface area contributed by atoms with Gasteiger partial charge < -0.3 is 27.9 Å². The van der Waals surface area contributed by atoms with E-state index < -0.39 is 32.5 Å². The van der Waals surface area contributed by atoms with Gasteiger partial charge in [0.25, 0.3) is 7.82 Å². The number of rotatable bonds is 46. The third-order valence-electron chi connectivity index (χ3n) is 10.6. The summed E-state index contributed by atoms with van der Waals surface area (Å²) in [7, 11) is 1.09. The third-order valence-corrected chi connectivity index (χ3v) is 11.5. The molecular weight excluding hydrogens is 846 g/mol. The fraction of sp³-hybridized carbons (Fsp3) is 0.679. The molecule has 0 saturated carbocycles. The van der Waals surface area contributed by atoms with Crippen LogP contribution in [0.3, 0.4) is 0 Å². The molecule has 0 bridgehead atoms. The van der Waals surface area contributed by atoms with Crippen LogP contribution in [0, 0.1) is 0 Å². The van der Waals surface area contributed by atoms with E-state index in [1.165, 1.54) is 103 Å². The van der Waals surface area contributed by atoms with Gasteiger partial charge in [-0.1, -0.05) is 188 Å². The fourth-order valence-corrected chi connectivity index (χ4v) is 7.25. The molecule has 0 aliphatic rings. The number of phosphoric acid groups is 1. The molecule has 0 aliphatic carbocycles. The highest BCUT2D eigenvalue weighted by atomic mass is 31.2. The first-order valence-electron chi connectivity index (χ1n) is 25.9. The number of esters is 2. The van der Waals surface area contributed by atoms with Crippen molar-refractivity contribution in [2.75, 3.05) is 47.5 Å². The number of quaternary nitrogens is 1. The zero-order valence-electron chi connectivity index (χ0n) is 42.6. The Bertz CT molecular complexity index is 1440. The lowest BCUT2D eigenvalue weighted by Gasteiger charge is -2.28. The normalized spacial score (nSPS) is 14.2. The first-order valence-corrected chi connectivity index (χ1v) is 27.4. The number of nitrogens with zero attached hydrogens (tertiary/aromatic N) is 1. The molecule has 0 rings (SSSR count). The van der Waals surface area contributed by atoms with Gasteiger partial charge in [0.1, 0.15) is 19.8 Å². The van der Waals surface area contributed by atoms with Crippen molar-refractivity contribution < 1.29 is 42.1 Å². The highest BCUT2D eigenvalue weighted by molar-refractivity contribution is 7.45. The molecule has 0 aromatic carbocycles. The van der Waals surface area contributed by atoms with E-state index in [2.05, 4.69) is 105 Å². The summed E-state index contributed by atoms with van der Waals surface area (Å²) in [6, 6.07) is 0. The van der Waals surface area contributed by atoms with Gasteiger partial charge in [0.05, 0.1) is 27.7 Å². The maximum absolute atomic E-state index is 12.7. The molecule has 0 aromatic heterocycles. The van der Waals surface area contributed by atoms with E-state index in [-0.39, 0.29) is 26.1 Å². The van der Waals surface area contributed by atoms with Gasteiger partial charge in [-0.05, 0) is 89.9 Å². The van der Waals surface area contributed by atoms with Crippen molar-refractivity contribution in [2.24, 2.45) is 0 Å². The second-order valence-electron chi connectivity index (χ2n) is 18.2. The monoisotopic (exact) mass is 942 g/mol. The van der Waals surface area contributed by atoms with E-state index in [4.69, 9.17) is 18.5 Å². The Hall–Kier alpha value is -3.07. The van der Waals surface area contributed by atoms with Crippen molar-refractivity contribution in [3.63, 3.8) is 0 Å². The van der Waals surface area contributed by atoms with Crippen molar-refractivity contribution >= 4 is 19.8 Å². The lowest BCUT2D eigenvalue weighted by molar-refractivity contribution is -0.870. The van der Waals surface area contributed by atoms with Crippen LogP contribution < -0.4 is 4.89 Å². The molecule has 0 aliphatic heterocycles. The summed E-state index contributed by atoms with van der Waals surface area (Å²) in [5, 5.41) is 0. The lowest BCUT2D eigenvalue weighted by atomic mass is 10.1. The maximum Gasteiger partial charge on any atom is 0.306 e. The number of phosphoric ester groups is 1. The van der Waals surface area contributed by atoms with Gasteiger partial charge in [-0.2, -0.15) is 0 Å². The van der Waals surface area contributed by atoms with Crippen LogP contribution in [0.5, 0.6) is 0 Å².